The number of carbonyl (C=O) groups is 1. The van der Waals surface area contributed by atoms with Crippen LogP contribution in [0.25, 0.3) is 11.0 Å². The van der Waals surface area contributed by atoms with Gasteiger partial charge in [0.1, 0.15) is 5.69 Å². The van der Waals surface area contributed by atoms with E-state index < -0.39 is 11.8 Å². The van der Waals surface area contributed by atoms with Gasteiger partial charge in [-0.3, -0.25) is 4.79 Å². The van der Waals surface area contributed by atoms with Crippen LogP contribution in [0, 0.1) is 11.3 Å². The molecule has 3 rings (SSSR count). The van der Waals surface area contributed by atoms with Crippen molar-refractivity contribution in [3.63, 3.8) is 0 Å². The summed E-state index contributed by atoms with van der Waals surface area (Å²) >= 11 is 6.18. The van der Waals surface area contributed by atoms with E-state index in [2.05, 4.69) is 15.3 Å². The second-order valence-corrected chi connectivity index (χ2v) is 6.22. The highest BCUT2D eigenvalue weighted by atomic mass is 35.5. The molecule has 8 heteroatoms. The smallest absolute Gasteiger partial charge is 0.243 e. The van der Waals surface area contributed by atoms with Crippen LogP contribution in [0.2, 0.25) is 5.15 Å². The molecule has 1 aromatic heterocycles. The molecule has 0 aliphatic heterocycles. The molecule has 2 aromatic carbocycles. The SMILES string of the molecule is COc1ccc(CNC(=O)C(C#N)c2nc3ccccc3nc2Cl)cc1OC. The minimum absolute atomic E-state index is 0.0338. The summed E-state index contributed by atoms with van der Waals surface area (Å²) in [5.74, 6) is -0.547. The molecule has 1 atom stereocenters. The summed E-state index contributed by atoms with van der Waals surface area (Å²) in [7, 11) is 3.08. The van der Waals surface area contributed by atoms with Crippen molar-refractivity contribution in [2.45, 2.75) is 12.5 Å². The zero-order valence-electron chi connectivity index (χ0n) is 15.3. The van der Waals surface area contributed by atoms with E-state index in [0.29, 0.717) is 22.5 Å². The zero-order valence-corrected chi connectivity index (χ0v) is 16.0. The summed E-state index contributed by atoms with van der Waals surface area (Å²) in [5.41, 5.74) is 2.08. The van der Waals surface area contributed by atoms with Gasteiger partial charge in [0.2, 0.25) is 5.91 Å². The van der Waals surface area contributed by atoms with Crippen molar-refractivity contribution in [2.75, 3.05) is 14.2 Å². The normalized spacial score (nSPS) is 11.5. The number of halogens is 1. The van der Waals surface area contributed by atoms with Gasteiger partial charge >= 0.3 is 0 Å². The highest BCUT2D eigenvalue weighted by molar-refractivity contribution is 6.30. The summed E-state index contributed by atoms with van der Waals surface area (Å²) in [6.07, 6.45) is 0. The van der Waals surface area contributed by atoms with E-state index in [9.17, 15) is 10.1 Å². The Morgan fingerprint density at radius 2 is 1.82 bits per heavy atom. The van der Waals surface area contributed by atoms with E-state index in [1.54, 1.807) is 43.5 Å². The van der Waals surface area contributed by atoms with E-state index in [1.165, 1.54) is 7.11 Å². The fourth-order valence-electron chi connectivity index (χ4n) is 2.70. The van der Waals surface area contributed by atoms with Crippen molar-refractivity contribution in [1.29, 1.82) is 5.26 Å². The van der Waals surface area contributed by atoms with Gasteiger partial charge in [0.25, 0.3) is 0 Å². The number of amides is 1. The van der Waals surface area contributed by atoms with Crippen LogP contribution in [-0.2, 0) is 11.3 Å². The molecule has 0 spiro atoms. The number of carbonyl (C=O) groups excluding carboxylic acids is 1. The topological polar surface area (TPSA) is 97.1 Å². The fourth-order valence-corrected chi connectivity index (χ4v) is 2.94. The first-order chi connectivity index (χ1) is 13.6. The number of fused-ring (bicyclic) bond motifs is 1. The van der Waals surface area contributed by atoms with Crippen molar-refractivity contribution >= 4 is 28.5 Å². The standard InChI is InChI=1S/C20H17ClN4O3/c1-27-16-8-7-12(9-17(16)28-2)11-23-20(26)13(10-22)18-19(21)25-15-6-4-3-5-14(15)24-18/h3-9,13H,11H2,1-2H3,(H,23,26). The van der Waals surface area contributed by atoms with Crippen LogP contribution in [0.15, 0.2) is 42.5 Å². The molecule has 0 aliphatic carbocycles. The van der Waals surface area contributed by atoms with Gasteiger partial charge in [-0.2, -0.15) is 5.26 Å². The lowest BCUT2D eigenvalue weighted by Crippen LogP contribution is -2.29. The number of benzene rings is 2. The third-order valence-corrected chi connectivity index (χ3v) is 4.41. The molecule has 7 nitrogen and oxygen atoms in total. The molecule has 3 aromatic rings. The van der Waals surface area contributed by atoms with Crippen molar-refractivity contribution in [3.05, 3.63) is 58.9 Å². The molecule has 1 unspecified atom stereocenters. The van der Waals surface area contributed by atoms with Gasteiger partial charge in [0.15, 0.2) is 22.6 Å². The Morgan fingerprint density at radius 1 is 1.14 bits per heavy atom. The zero-order chi connectivity index (χ0) is 20.1. The van der Waals surface area contributed by atoms with Gasteiger partial charge in [-0.05, 0) is 29.8 Å². The lowest BCUT2D eigenvalue weighted by molar-refractivity contribution is -0.121. The third-order valence-electron chi connectivity index (χ3n) is 4.13. The van der Waals surface area contributed by atoms with Gasteiger partial charge in [-0.25, -0.2) is 9.97 Å². The average Bonchev–Trinajstić information content (AvgIpc) is 2.72. The number of rotatable bonds is 6. The number of nitriles is 1. The Hall–Kier alpha value is -3.37. The largest absolute Gasteiger partial charge is 0.493 e. The maximum absolute atomic E-state index is 12.6. The lowest BCUT2D eigenvalue weighted by atomic mass is 10.1. The Labute approximate surface area is 166 Å². The van der Waals surface area contributed by atoms with Crippen LogP contribution in [0.5, 0.6) is 11.5 Å². The number of para-hydroxylation sites is 2. The number of aromatic nitrogens is 2. The second-order valence-electron chi connectivity index (χ2n) is 5.86. The fraction of sp³-hybridized carbons (Fsp3) is 0.200. The van der Waals surface area contributed by atoms with Gasteiger partial charge in [-0.15, -0.1) is 0 Å². The Kier molecular flexibility index (Phi) is 5.92. The van der Waals surface area contributed by atoms with Gasteiger partial charge < -0.3 is 14.8 Å². The first-order valence-corrected chi connectivity index (χ1v) is 8.75. The van der Waals surface area contributed by atoms with E-state index in [4.69, 9.17) is 21.1 Å². The Bertz CT molecular complexity index is 1060. The Balaban J connectivity index is 1.79. The number of hydrogen-bond donors (Lipinski definition) is 1. The van der Waals surface area contributed by atoms with Crippen molar-refractivity contribution in [2.24, 2.45) is 0 Å². The summed E-state index contributed by atoms with van der Waals surface area (Å²) in [5, 5.41) is 12.3. The van der Waals surface area contributed by atoms with Crippen LogP contribution >= 0.6 is 11.6 Å². The van der Waals surface area contributed by atoms with E-state index >= 15 is 0 Å². The highest BCUT2D eigenvalue weighted by Gasteiger charge is 2.25. The molecule has 0 radical (unpaired) electrons. The van der Waals surface area contributed by atoms with Crippen LogP contribution in [0.4, 0.5) is 0 Å². The maximum atomic E-state index is 12.6. The monoisotopic (exact) mass is 396 g/mol. The van der Waals surface area contributed by atoms with E-state index in [1.807, 2.05) is 12.1 Å². The lowest BCUT2D eigenvalue weighted by Gasteiger charge is -2.13. The third kappa shape index (κ3) is 3.97. The highest BCUT2D eigenvalue weighted by Crippen LogP contribution is 2.28. The molecule has 0 bridgehead atoms. The second kappa shape index (κ2) is 8.55. The molecule has 1 heterocycles. The number of methoxy groups -OCH3 is 2. The minimum Gasteiger partial charge on any atom is -0.493 e. The molecule has 28 heavy (non-hydrogen) atoms. The number of ether oxygens (including phenoxy) is 2. The molecular formula is C20H17ClN4O3. The first-order valence-electron chi connectivity index (χ1n) is 8.37. The van der Waals surface area contributed by atoms with E-state index in [-0.39, 0.29) is 17.4 Å². The minimum atomic E-state index is -1.18. The molecule has 0 saturated carbocycles. The number of nitrogens with zero attached hydrogens (tertiary/aromatic N) is 3. The molecule has 0 saturated heterocycles. The molecule has 0 fully saturated rings. The van der Waals surface area contributed by atoms with Crippen LogP contribution in [0.1, 0.15) is 17.2 Å². The summed E-state index contributed by atoms with van der Waals surface area (Å²) in [4.78, 5) is 21.2. The number of hydrogen-bond acceptors (Lipinski definition) is 6. The van der Waals surface area contributed by atoms with Gasteiger partial charge in [-0.1, -0.05) is 29.8 Å². The average molecular weight is 397 g/mol. The summed E-state index contributed by atoms with van der Waals surface area (Å²) < 4.78 is 10.4. The van der Waals surface area contributed by atoms with Crippen LogP contribution in [0.3, 0.4) is 0 Å². The van der Waals surface area contributed by atoms with Gasteiger partial charge in [0.05, 0.1) is 31.3 Å². The Morgan fingerprint density at radius 3 is 2.46 bits per heavy atom. The predicted molar refractivity (Wildman–Crippen MR) is 104 cm³/mol. The predicted octanol–water partition coefficient (Wildman–Crippen LogP) is 3.22. The van der Waals surface area contributed by atoms with Gasteiger partial charge in [0, 0.05) is 6.54 Å². The molecule has 1 N–H and O–H groups in total. The van der Waals surface area contributed by atoms with Crippen molar-refractivity contribution in [3.8, 4) is 17.6 Å². The quantitative estimate of drug-likeness (QED) is 0.687. The van der Waals surface area contributed by atoms with Crippen LogP contribution < -0.4 is 14.8 Å². The first kappa shape index (κ1) is 19.4. The summed E-state index contributed by atoms with van der Waals surface area (Å²) in [6, 6.07) is 14.4. The molecule has 142 valence electrons. The molecular weight excluding hydrogens is 380 g/mol. The van der Waals surface area contributed by atoms with Crippen molar-refractivity contribution in [1.82, 2.24) is 15.3 Å². The maximum Gasteiger partial charge on any atom is 0.243 e. The van der Waals surface area contributed by atoms with E-state index in [0.717, 1.165) is 5.56 Å². The summed E-state index contributed by atoms with van der Waals surface area (Å²) in [6.45, 7) is 0.204. The molecule has 0 aliphatic rings. The molecule has 1 amide bonds. The van der Waals surface area contributed by atoms with Crippen molar-refractivity contribution < 1.29 is 14.3 Å². The van der Waals surface area contributed by atoms with Crippen LogP contribution in [-0.4, -0.2) is 30.1 Å². The number of nitrogens with one attached hydrogen (secondary N) is 1.